The van der Waals surface area contributed by atoms with Crippen LogP contribution in [0.4, 0.5) is 0 Å². The molecule has 3 aromatic heterocycles. The molecule has 1 aliphatic rings. The molecule has 0 atom stereocenters. The van der Waals surface area contributed by atoms with E-state index in [1.165, 1.54) is 0 Å². The van der Waals surface area contributed by atoms with Gasteiger partial charge in [0.1, 0.15) is 11.6 Å². The molecular weight excluding hydrogens is 394 g/mol. The van der Waals surface area contributed by atoms with Crippen molar-refractivity contribution in [3.8, 4) is 11.3 Å². The van der Waals surface area contributed by atoms with Gasteiger partial charge >= 0.3 is 0 Å². The van der Waals surface area contributed by atoms with Gasteiger partial charge in [0.25, 0.3) is 5.91 Å². The number of amides is 1. The minimum atomic E-state index is -0.174. The average molecular weight is 424 g/mol. The highest BCUT2D eigenvalue weighted by Gasteiger charge is 2.27. The Morgan fingerprint density at radius 2 is 1.90 bits per heavy atom. The largest absolute Gasteiger partial charge is 0.360 e. The maximum Gasteiger partial charge on any atom is 0.273 e. The highest BCUT2D eigenvalue weighted by atomic mass is 16.5. The Hall–Kier alpha value is -3.03. The summed E-state index contributed by atoms with van der Waals surface area (Å²) in [7, 11) is 0. The summed E-state index contributed by atoms with van der Waals surface area (Å²) in [5, 5.41) is 10.9. The normalized spacial score (nSPS) is 19.0. The molecule has 8 nitrogen and oxygen atoms in total. The second kappa shape index (κ2) is 8.99. The number of nitrogens with one attached hydrogen (secondary N) is 1. The molecule has 0 bridgehead atoms. The Kier molecular flexibility index (Phi) is 6.15. The molecule has 164 valence electrons. The molecule has 0 aliphatic heterocycles. The lowest BCUT2D eigenvalue weighted by atomic mass is 9.79. The van der Waals surface area contributed by atoms with Crippen LogP contribution in [-0.2, 0) is 0 Å². The third-order valence-corrected chi connectivity index (χ3v) is 5.95. The Bertz CT molecular complexity index is 1050. The summed E-state index contributed by atoms with van der Waals surface area (Å²) in [6.07, 6.45) is 5.92. The molecule has 1 fully saturated rings. The third kappa shape index (κ3) is 4.84. The fourth-order valence-corrected chi connectivity index (χ4v) is 4.12. The van der Waals surface area contributed by atoms with E-state index < -0.39 is 0 Å². The zero-order chi connectivity index (χ0) is 22.0. The zero-order valence-corrected chi connectivity index (χ0v) is 18.5. The SMILES string of the molecule is Cc1cc(-c2cnc(C)nc2C2CCC(CNC(=O)c3cc(C(C)C)on3)CC2)on1. The van der Waals surface area contributed by atoms with Crippen LogP contribution in [-0.4, -0.2) is 32.7 Å². The molecule has 0 aromatic carbocycles. The summed E-state index contributed by atoms with van der Waals surface area (Å²) in [5.74, 6) is 3.03. The van der Waals surface area contributed by atoms with Crippen LogP contribution in [0.15, 0.2) is 27.4 Å². The standard InChI is InChI=1S/C23H29N5O3/c1-13(2)20-10-19(28-30-20)23(29)25-11-16-5-7-17(8-6-16)22-18(12-24-15(4)26-22)21-9-14(3)27-31-21/h9-10,12-13,16-17H,5-8,11H2,1-4H3,(H,25,29). The van der Waals surface area contributed by atoms with Crippen molar-refractivity contribution in [2.45, 2.75) is 65.2 Å². The van der Waals surface area contributed by atoms with E-state index in [1.807, 2.05) is 40.0 Å². The van der Waals surface area contributed by atoms with Gasteiger partial charge in [-0.05, 0) is 45.4 Å². The van der Waals surface area contributed by atoms with Gasteiger partial charge in [-0.15, -0.1) is 0 Å². The number of aromatic nitrogens is 4. The molecule has 8 heteroatoms. The molecule has 0 saturated heterocycles. The Balaban J connectivity index is 1.36. The molecule has 0 spiro atoms. The zero-order valence-electron chi connectivity index (χ0n) is 18.5. The minimum absolute atomic E-state index is 0.174. The van der Waals surface area contributed by atoms with E-state index in [-0.39, 0.29) is 11.8 Å². The molecule has 3 heterocycles. The molecule has 0 unspecified atom stereocenters. The second-order valence-electron chi connectivity index (χ2n) is 8.75. The van der Waals surface area contributed by atoms with Crippen molar-refractivity contribution in [3.63, 3.8) is 0 Å². The second-order valence-corrected chi connectivity index (χ2v) is 8.75. The number of nitrogens with zero attached hydrogens (tertiary/aromatic N) is 4. The Morgan fingerprint density at radius 1 is 1.13 bits per heavy atom. The number of carbonyl (C=O) groups is 1. The van der Waals surface area contributed by atoms with E-state index >= 15 is 0 Å². The molecular formula is C23H29N5O3. The maximum absolute atomic E-state index is 12.4. The highest BCUT2D eigenvalue weighted by Crippen LogP contribution is 2.38. The molecule has 0 radical (unpaired) electrons. The van der Waals surface area contributed by atoms with Crippen LogP contribution in [0.3, 0.4) is 0 Å². The van der Waals surface area contributed by atoms with Gasteiger partial charge in [0.2, 0.25) is 0 Å². The van der Waals surface area contributed by atoms with Crippen LogP contribution in [0.2, 0.25) is 0 Å². The van der Waals surface area contributed by atoms with Crippen molar-refractivity contribution in [1.29, 1.82) is 0 Å². The molecule has 31 heavy (non-hydrogen) atoms. The summed E-state index contributed by atoms with van der Waals surface area (Å²) < 4.78 is 10.7. The van der Waals surface area contributed by atoms with Crippen molar-refractivity contribution in [1.82, 2.24) is 25.6 Å². The summed E-state index contributed by atoms with van der Waals surface area (Å²) in [6.45, 7) is 8.48. The Labute approximate surface area is 181 Å². The lowest BCUT2D eigenvalue weighted by Gasteiger charge is -2.29. The fraction of sp³-hybridized carbons (Fsp3) is 0.522. The van der Waals surface area contributed by atoms with Gasteiger partial charge in [0.15, 0.2) is 11.5 Å². The number of rotatable bonds is 6. The smallest absolute Gasteiger partial charge is 0.273 e. The van der Waals surface area contributed by atoms with Crippen LogP contribution in [0, 0.1) is 19.8 Å². The van der Waals surface area contributed by atoms with Crippen LogP contribution in [0.5, 0.6) is 0 Å². The summed E-state index contributed by atoms with van der Waals surface area (Å²) in [6, 6.07) is 3.65. The van der Waals surface area contributed by atoms with Crippen LogP contribution in [0.25, 0.3) is 11.3 Å². The van der Waals surface area contributed by atoms with Gasteiger partial charge in [-0.2, -0.15) is 0 Å². The van der Waals surface area contributed by atoms with Crippen LogP contribution >= 0.6 is 0 Å². The molecule has 3 aromatic rings. The van der Waals surface area contributed by atoms with Crippen LogP contribution in [0.1, 0.15) is 84.8 Å². The number of carbonyl (C=O) groups excluding carboxylic acids is 1. The maximum atomic E-state index is 12.4. The van der Waals surface area contributed by atoms with Crippen molar-refractivity contribution >= 4 is 5.91 Å². The van der Waals surface area contributed by atoms with Crippen LogP contribution < -0.4 is 5.32 Å². The minimum Gasteiger partial charge on any atom is -0.360 e. The van der Waals surface area contributed by atoms with Crippen molar-refractivity contribution < 1.29 is 13.8 Å². The molecule has 4 rings (SSSR count). The van der Waals surface area contributed by atoms with Gasteiger partial charge in [-0.1, -0.05) is 24.2 Å². The Morgan fingerprint density at radius 3 is 2.55 bits per heavy atom. The van der Waals surface area contributed by atoms with Gasteiger partial charge in [-0.25, -0.2) is 9.97 Å². The molecule has 1 saturated carbocycles. The number of hydrogen-bond acceptors (Lipinski definition) is 7. The molecule has 1 N–H and O–H groups in total. The first-order valence-corrected chi connectivity index (χ1v) is 10.9. The number of hydrogen-bond donors (Lipinski definition) is 1. The van der Waals surface area contributed by atoms with Gasteiger partial charge < -0.3 is 14.4 Å². The predicted molar refractivity (Wildman–Crippen MR) is 115 cm³/mol. The van der Waals surface area contributed by atoms with Crippen molar-refractivity contribution in [2.75, 3.05) is 6.54 Å². The summed E-state index contributed by atoms with van der Waals surface area (Å²) in [5.41, 5.74) is 3.15. The molecule has 1 aliphatic carbocycles. The van der Waals surface area contributed by atoms with Gasteiger partial charge in [0.05, 0.1) is 17.0 Å². The van der Waals surface area contributed by atoms with E-state index in [0.29, 0.717) is 24.1 Å². The molecule has 1 amide bonds. The van der Waals surface area contributed by atoms with E-state index in [4.69, 9.17) is 14.0 Å². The topological polar surface area (TPSA) is 107 Å². The quantitative estimate of drug-likeness (QED) is 0.619. The van der Waals surface area contributed by atoms with E-state index in [0.717, 1.165) is 60.0 Å². The van der Waals surface area contributed by atoms with E-state index in [9.17, 15) is 4.79 Å². The fourth-order valence-electron chi connectivity index (χ4n) is 4.12. The first-order valence-electron chi connectivity index (χ1n) is 10.9. The highest BCUT2D eigenvalue weighted by molar-refractivity contribution is 5.92. The lowest BCUT2D eigenvalue weighted by Crippen LogP contribution is -2.31. The van der Waals surface area contributed by atoms with Crippen molar-refractivity contribution in [3.05, 3.63) is 47.0 Å². The average Bonchev–Trinajstić information content (AvgIpc) is 3.42. The summed E-state index contributed by atoms with van der Waals surface area (Å²) in [4.78, 5) is 21.5. The third-order valence-electron chi connectivity index (χ3n) is 5.95. The number of aryl methyl sites for hydroxylation is 2. The lowest BCUT2D eigenvalue weighted by molar-refractivity contribution is 0.0933. The van der Waals surface area contributed by atoms with Gasteiger partial charge in [-0.3, -0.25) is 4.79 Å². The predicted octanol–water partition coefficient (Wildman–Crippen LogP) is 4.56. The van der Waals surface area contributed by atoms with E-state index in [2.05, 4.69) is 20.6 Å². The summed E-state index contributed by atoms with van der Waals surface area (Å²) >= 11 is 0. The van der Waals surface area contributed by atoms with E-state index in [1.54, 1.807) is 6.07 Å². The first kappa shape index (κ1) is 21.2. The first-order chi connectivity index (χ1) is 14.9. The van der Waals surface area contributed by atoms with Crippen molar-refractivity contribution in [2.24, 2.45) is 5.92 Å². The van der Waals surface area contributed by atoms with Gasteiger partial charge in [0, 0.05) is 36.7 Å². The monoisotopic (exact) mass is 423 g/mol.